The average molecular weight is 429 g/mol. The van der Waals surface area contributed by atoms with Gasteiger partial charge in [0.05, 0.1) is 15.9 Å². The molecule has 0 amide bonds. The second kappa shape index (κ2) is 7.89. The van der Waals surface area contributed by atoms with Crippen LogP contribution in [0.2, 0.25) is 5.02 Å². The number of fused-ring (bicyclic) bond motifs is 2. The molecule has 7 heteroatoms. The summed E-state index contributed by atoms with van der Waals surface area (Å²) in [5.74, 6) is 1.26. The Morgan fingerprint density at radius 2 is 1.84 bits per heavy atom. The Labute approximate surface area is 184 Å². The third-order valence-electron chi connectivity index (χ3n) is 5.47. The molecule has 2 aromatic carbocycles. The quantitative estimate of drug-likeness (QED) is 0.410. The molecule has 0 saturated heterocycles. The van der Waals surface area contributed by atoms with Gasteiger partial charge in [-0.15, -0.1) is 0 Å². The highest BCUT2D eigenvalue weighted by Crippen LogP contribution is 2.30. The number of rotatable bonds is 5. The second-order valence-corrected chi connectivity index (χ2v) is 7.86. The van der Waals surface area contributed by atoms with Crippen molar-refractivity contribution in [2.45, 2.75) is 12.8 Å². The Morgan fingerprint density at radius 1 is 1.00 bits per heavy atom. The van der Waals surface area contributed by atoms with Crippen LogP contribution in [0.15, 0.2) is 67.1 Å². The van der Waals surface area contributed by atoms with E-state index < -0.39 is 0 Å². The number of hydrogen-bond acceptors (Lipinski definition) is 5. The van der Waals surface area contributed by atoms with Crippen molar-refractivity contribution in [2.75, 3.05) is 18.1 Å². The average Bonchev–Trinajstić information content (AvgIpc) is 3.15. The first kappa shape index (κ1) is 19.3. The SMILES string of the molecule is CNc1ccc2cc(CCc3cccc(-n4cc(Cl)c5c(N)ncnc54)c3)ccc2n1. The molecule has 154 valence electrons. The minimum atomic E-state index is 0.387. The van der Waals surface area contributed by atoms with Gasteiger partial charge in [-0.05, 0) is 60.4 Å². The van der Waals surface area contributed by atoms with Crippen LogP contribution in [0.5, 0.6) is 0 Å². The second-order valence-electron chi connectivity index (χ2n) is 7.45. The predicted octanol–water partition coefficient (Wildman–Crippen LogP) is 5.03. The number of aromatic nitrogens is 4. The summed E-state index contributed by atoms with van der Waals surface area (Å²) in [4.78, 5) is 13.0. The largest absolute Gasteiger partial charge is 0.383 e. The molecule has 5 rings (SSSR count). The summed E-state index contributed by atoms with van der Waals surface area (Å²) in [5.41, 5.74) is 11.2. The molecule has 3 heterocycles. The number of nitrogens with zero attached hydrogens (tertiary/aromatic N) is 4. The maximum Gasteiger partial charge on any atom is 0.151 e. The Hall–Kier alpha value is -3.64. The van der Waals surface area contributed by atoms with Crippen LogP contribution in [0.25, 0.3) is 27.6 Å². The van der Waals surface area contributed by atoms with Gasteiger partial charge >= 0.3 is 0 Å². The minimum Gasteiger partial charge on any atom is -0.383 e. The lowest BCUT2D eigenvalue weighted by Crippen LogP contribution is -1.98. The van der Waals surface area contributed by atoms with E-state index in [1.807, 2.05) is 29.9 Å². The van der Waals surface area contributed by atoms with Crippen LogP contribution < -0.4 is 11.1 Å². The zero-order valence-corrected chi connectivity index (χ0v) is 17.8. The van der Waals surface area contributed by atoms with E-state index in [4.69, 9.17) is 17.3 Å². The smallest absolute Gasteiger partial charge is 0.151 e. The first-order chi connectivity index (χ1) is 15.1. The van der Waals surface area contributed by atoms with Gasteiger partial charge in [0, 0.05) is 24.3 Å². The standard InChI is InChI=1S/C24H21ClN6/c1-27-21-10-8-17-11-16(7-9-20(17)30-21)6-5-15-3-2-4-18(12-15)31-13-19(25)22-23(26)28-14-29-24(22)31/h2-4,7-14H,5-6H2,1H3,(H,27,30)(H2,26,28,29). The van der Waals surface area contributed by atoms with Crippen molar-refractivity contribution in [1.82, 2.24) is 19.5 Å². The van der Waals surface area contributed by atoms with E-state index in [0.29, 0.717) is 21.9 Å². The molecule has 5 aromatic rings. The summed E-state index contributed by atoms with van der Waals surface area (Å²) >= 11 is 6.39. The lowest BCUT2D eigenvalue weighted by molar-refractivity contribution is 0.955. The molecule has 0 bridgehead atoms. The molecule has 0 radical (unpaired) electrons. The van der Waals surface area contributed by atoms with Gasteiger partial charge < -0.3 is 11.1 Å². The number of pyridine rings is 1. The van der Waals surface area contributed by atoms with Gasteiger partial charge in [0.2, 0.25) is 0 Å². The van der Waals surface area contributed by atoms with Gasteiger partial charge in [0.1, 0.15) is 18.0 Å². The fourth-order valence-electron chi connectivity index (χ4n) is 3.86. The highest BCUT2D eigenvalue weighted by molar-refractivity contribution is 6.36. The van der Waals surface area contributed by atoms with Crippen LogP contribution in [0.3, 0.4) is 0 Å². The highest BCUT2D eigenvalue weighted by Gasteiger charge is 2.13. The van der Waals surface area contributed by atoms with E-state index in [0.717, 1.165) is 35.2 Å². The maximum absolute atomic E-state index is 6.39. The van der Waals surface area contributed by atoms with E-state index in [9.17, 15) is 0 Å². The van der Waals surface area contributed by atoms with Crippen molar-refractivity contribution >= 4 is 45.2 Å². The van der Waals surface area contributed by atoms with Gasteiger partial charge in [-0.1, -0.05) is 29.8 Å². The molecule has 31 heavy (non-hydrogen) atoms. The van der Waals surface area contributed by atoms with E-state index >= 15 is 0 Å². The third-order valence-corrected chi connectivity index (χ3v) is 5.75. The maximum atomic E-state index is 6.39. The molecule has 0 atom stereocenters. The zero-order valence-electron chi connectivity index (χ0n) is 17.0. The molecule has 3 aromatic heterocycles. The molecular formula is C24H21ClN6. The van der Waals surface area contributed by atoms with Gasteiger partial charge in [0.15, 0.2) is 5.65 Å². The normalized spacial score (nSPS) is 11.3. The third kappa shape index (κ3) is 3.66. The van der Waals surface area contributed by atoms with E-state index in [2.05, 4.69) is 62.7 Å². The van der Waals surface area contributed by atoms with Crippen molar-refractivity contribution in [1.29, 1.82) is 0 Å². The molecule has 0 spiro atoms. The van der Waals surface area contributed by atoms with Crippen molar-refractivity contribution in [3.8, 4) is 5.69 Å². The molecular weight excluding hydrogens is 408 g/mol. The Morgan fingerprint density at radius 3 is 2.68 bits per heavy atom. The number of nitrogens with one attached hydrogen (secondary N) is 1. The Kier molecular flexibility index (Phi) is 4.92. The van der Waals surface area contributed by atoms with Gasteiger partial charge in [-0.2, -0.15) is 0 Å². The van der Waals surface area contributed by atoms with Crippen molar-refractivity contribution in [3.63, 3.8) is 0 Å². The highest BCUT2D eigenvalue weighted by atomic mass is 35.5. The van der Waals surface area contributed by atoms with Crippen LogP contribution in [0, 0.1) is 0 Å². The summed E-state index contributed by atoms with van der Waals surface area (Å²) in [6.07, 6.45) is 5.16. The fraction of sp³-hybridized carbons (Fsp3) is 0.125. The summed E-state index contributed by atoms with van der Waals surface area (Å²) in [6, 6.07) is 18.9. The molecule has 0 saturated carbocycles. The van der Waals surface area contributed by atoms with Crippen molar-refractivity contribution in [3.05, 3.63) is 83.3 Å². The first-order valence-electron chi connectivity index (χ1n) is 10.1. The first-order valence-corrected chi connectivity index (χ1v) is 10.4. The summed E-state index contributed by atoms with van der Waals surface area (Å²) in [7, 11) is 1.88. The molecule has 0 unspecified atom stereocenters. The number of benzene rings is 2. The number of halogens is 1. The summed E-state index contributed by atoms with van der Waals surface area (Å²) in [6.45, 7) is 0. The van der Waals surface area contributed by atoms with Crippen LogP contribution in [0.1, 0.15) is 11.1 Å². The lowest BCUT2D eigenvalue weighted by atomic mass is 10.0. The summed E-state index contributed by atoms with van der Waals surface area (Å²) in [5, 5.41) is 5.45. The van der Waals surface area contributed by atoms with E-state index in [1.54, 1.807) is 0 Å². The predicted molar refractivity (Wildman–Crippen MR) is 127 cm³/mol. The van der Waals surface area contributed by atoms with Gasteiger partial charge in [-0.3, -0.25) is 4.57 Å². The fourth-order valence-corrected chi connectivity index (χ4v) is 4.14. The lowest BCUT2D eigenvalue weighted by Gasteiger charge is -2.09. The molecule has 3 N–H and O–H groups in total. The number of aryl methyl sites for hydroxylation is 2. The van der Waals surface area contributed by atoms with Crippen LogP contribution in [0.4, 0.5) is 11.6 Å². The minimum absolute atomic E-state index is 0.387. The van der Waals surface area contributed by atoms with Crippen LogP contribution >= 0.6 is 11.6 Å². The van der Waals surface area contributed by atoms with Gasteiger partial charge in [-0.25, -0.2) is 15.0 Å². The molecule has 6 nitrogen and oxygen atoms in total. The Bertz CT molecular complexity index is 1410. The van der Waals surface area contributed by atoms with Crippen LogP contribution in [-0.2, 0) is 12.8 Å². The van der Waals surface area contributed by atoms with Crippen molar-refractivity contribution < 1.29 is 0 Å². The number of hydrogen-bond donors (Lipinski definition) is 2. The van der Waals surface area contributed by atoms with Crippen LogP contribution in [-0.4, -0.2) is 26.6 Å². The number of anilines is 2. The molecule has 0 aliphatic heterocycles. The van der Waals surface area contributed by atoms with Crippen molar-refractivity contribution in [2.24, 2.45) is 0 Å². The Balaban J connectivity index is 1.40. The number of nitrogen functional groups attached to an aromatic ring is 1. The number of nitrogens with two attached hydrogens (primary N) is 1. The summed E-state index contributed by atoms with van der Waals surface area (Å²) < 4.78 is 1.96. The molecule has 0 aliphatic carbocycles. The monoisotopic (exact) mass is 428 g/mol. The van der Waals surface area contributed by atoms with Gasteiger partial charge in [0.25, 0.3) is 0 Å². The zero-order chi connectivity index (χ0) is 21.4. The molecule has 0 fully saturated rings. The van der Waals surface area contributed by atoms with E-state index in [-0.39, 0.29) is 0 Å². The molecule has 0 aliphatic rings. The topological polar surface area (TPSA) is 81.7 Å². The van der Waals surface area contributed by atoms with E-state index in [1.165, 1.54) is 17.5 Å².